The molecule has 144 valence electrons. The number of anilines is 1. The van der Waals surface area contributed by atoms with Crippen molar-refractivity contribution in [3.8, 4) is 0 Å². The van der Waals surface area contributed by atoms with E-state index < -0.39 is 0 Å². The van der Waals surface area contributed by atoms with E-state index in [0.717, 1.165) is 11.3 Å². The number of hydrogen-bond acceptors (Lipinski definition) is 1. The van der Waals surface area contributed by atoms with Crippen LogP contribution in [-0.2, 0) is 6.54 Å². The third-order valence-electron chi connectivity index (χ3n) is 6.87. The van der Waals surface area contributed by atoms with Crippen molar-refractivity contribution < 1.29 is 4.79 Å². The van der Waals surface area contributed by atoms with E-state index in [1.165, 1.54) is 5.56 Å². The van der Waals surface area contributed by atoms with Crippen LogP contribution in [0.2, 0.25) is 0 Å². The highest BCUT2D eigenvalue weighted by molar-refractivity contribution is 5.89. The van der Waals surface area contributed by atoms with Crippen LogP contribution in [0.5, 0.6) is 0 Å². The van der Waals surface area contributed by atoms with Gasteiger partial charge in [0, 0.05) is 18.3 Å². The van der Waals surface area contributed by atoms with Crippen molar-refractivity contribution in [3.63, 3.8) is 0 Å². The van der Waals surface area contributed by atoms with Crippen molar-refractivity contribution in [2.24, 2.45) is 16.7 Å². The van der Waals surface area contributed by atoms with Gasteiger partial charge in [-0.25, -0.2) is 4.79 Å². The lowest BCUT2D eigenvalue weighted by Gasteiger charge is -2.31. The van der Waals surface area contributed by atoms with E-state index in [9.17, 15) is 4.79 Å². The fourth-order valence-corrected chi connectivity index (χ4v) is 4.65. The van der Waals surface area contributed by atoms with Gasteiger partial charge in [0.1, 0.15) is 0 Å². The molecule has 1 N–H and O–H groups in total. The van der Waals surface area contributed by atoms with Crippen molar-refractivity contribution in [2.45, 2.75) is 54.1 Å². The molecule has 0 aromatic heterocycles. The first-order valence-electron chi connectivity index (χ1n) is 9.83. The van der Waals surface area contributed by atoms with E-state index in [0.29, 0.717) is 12.5 Å². The number of urea groups is 1. The molecule has 2 aromatic rings. The molecule has 3 nitrogen and oxygen atoms in total. The van der Waals surface area contributed by atoms with Gasteiger partial charge in [-0.15, -0.1) is 0 Å². The maximum atomic E-state index is 13.2. The van der Waals surface area contributed by atoms with Crippen LogP contribution in [-0.4, -0.2) is 17.0 Å². The van der Waals surface area contributed by atoms with E-state index in [1.54, 1.807) is 0 Å². The van der Waals surface area contributed by atoms with Crippen molar-refractivity contribution in [1.29, 1.82) is 0 Å². The molecule has 1 aliphatic rings. The number of nitrogens with zero attached hydrogens (tertiary/aromatic N) is 1. The minimum absolute atomic E-state index is 0.0336. The Bertz CT molecular complexity index is 779. The van der Waals surface area contributed by atoms with Crippen molar-refractivity contribution in [1.82, 2.24) is 4.90 Å². The third-order valence-corrected chi connectivity index (χ3v) is 6.87. The zero-order valence-corrected chi connectivity index (χ0v) is 17.4. The smallest absolute Gasteiger partial charge is 0.317 e. The second-order valence-corrected chi connectivity index (χ2v) is 9.07. The Morgan fingerprint density at radius 3 is 2.07 bits per heavy atom. The second-order valence-electron chi connectivity index (χ2n) is 9.07. The number of nitrogens with one attached hydrogen (secondary N) is 1. The normalized spacial score (nSPS) is 18.6. The molecule has 0 radical (unpaired) electrons. The quantitative estimate of drug-likeness (QED) is 0.683. The van der Waals surface area contributed by atoms with Gasteiger partial charge in [0.2, 0.25) is 0 Å². The fourth-order valence-electron chi connectivity index (χ4n) is 4.65. The zero-order chi connectivity index (χ0) is 19.8. The molecule has 27 heavy (non-hydrogen) atoms. The van der Waals surface area contributed by atoms with Crippen LogP contribution in [0.3, 0.4) is 0 Å². The predicted octanol–water partition coefficient (Wildman–Crippen LogP) is 6.10. The first kappa shape index (κ1) is 19.5. The van der Waals surface area contributed by atoms with Crippen molar-refractivity contribution in [3.05, 3.63) is 65.7 Å². The van der Waals surface area contributed by atoms with Gasteiger partial charge in [-0.3, -0.25) is 0 Å². The van der Waals surface area contributed by atoms with Crippen LogP contribution in [0.15, 0.2) is 54.6 Å². The first-order valence-corrected chi connectivity index (χ1v) is 9.83. The minimum atomic E-state index is -0.0336. The summed E-state index contributed by atoms with van der Waals surface area (Å²) in [5.74, 6) is 0.470. The standard InChI is InChI=1S/C24H32N2O/c1-17-12-14-20(15-13-17)25-22(27)26(16-19-10-8-7-9-11-19)18(2)21-23(3,4)24(21,5)6/h7-15,18,21H,16H2,1-6H3,(H,25,27)/t18-/m0/s1. The summed E-state index contributed by atoms with van der Waals surface area (Å²) >= 11 is 0. The Labute approximate surface area is 163 Å². The van der Waals surface area contributed by atoms with E-state index in [-0.39, 0.29) is 22.9 Å². The predicted molar refractivity (Wildman–Crippen MR) is 113 cm³/mol. The average Bonchev–Trinajstić information content (AvgIpc) is 3.04. The summed E-state index contributed by atoms with van der Waals surface area (Å²) in [6.45, 7) is 14.1. The van der Waals surface area contributed by atoms with Crippen LogP contribution in [0, 0.1) is 23.7 Å². The molecule has 0 unspecified atom stereocenters. The molecule has 2 amide bonds. The van der Waals surface area contributed by atoms with Crippen molar-refractivity contribution >= 4 is 11.7 Å². The number of benzene rings is 2. The lowest BCUT2D eigenvalue weighted by atomic mass is 10.0. The highest BCUT2D eigenvalue weighted by atomic mass is 16.2. The zero-order valence-electron chi connectivity index (χ0n) is 17.4. The summed E-state index contributed by atoms with van der Waals surface area (Å²) in [4.78, 5) is 15.2. The number of carbonyl (C=O) groups excluding carboxylic acids is 1. The summed E-state index contributed by atoms with van der Waals surface area (Å²) in [5.41, 5.74) is 3.63. The maximum absolute atomic E-state index is 13.2. The molecule has 2 aromatic carbocycles. The lowest BCUT2D eigenvalue weighted by Crippen LogP contribution is -2.43. The first-order chi connectivity index (χ1) is 12.6. The Kier molecular flexibility index (Phi) is 5.07. The molecule has 1 saturated carbocycles. The van der Waals surface area contributed by atoms with Gasteiger partial charge >= 0.3 is 6.03 Å². The fraction of sp³-hybridized carbons (Fsp3) is 0.458. The van der Waals surface area contributed by atoms with Gasteiger partial charge in [0.05, 0.1) is 0 Å². The highest BCUT2D eigenvalue weighted by Gasteiger charge is 2.67. The number of aryl methyl sites for hydroxylation is 1. The highest BCUT2D eigenvalue weighted by Crippen LogP contribution is 2.70. The SMILES string of the molecule is Cc1ccc(NC(=O)N(Cc2ccccc2)[C@@H](C)C2C(C)(C)C2(C)C)cc1. The molecule has 1 atom stereocenters. The van der Waals surface area contributed by atoms with Gasteiger partial charge in [-0.05, 0) is 48.3 Å². The van der Waals surface area contributed by atoms with E-state index in [1.807, 2.05) is 54.3 Å². The molecular weight excluding hydrogens is 332 g/mol. The Morgan fingerprint density at radius 1 is 1.00 bits per heavy atom. The van der Waals surface area contributed by atoms with Crippen LogP contribution in [0.25, 0.3) is 0 Å². The molecular formula is C24H32N2O. The Balaban J connectivity index is 1.83. The van der Waals surface area contributed by atoms with Gasteiger partial charge in [0.15, 0.2) is 0 Å². The maximum Gasteiger partial charge on any atom is 0.322 e. The number of amides is 2. The molecule has 0 saturated heterocycles. The largest absolute Gasteiger partial charge is 0.322 e. The molecule has 0 aliphatic heterocycles. The molecule has 3 heteroatoms. The van der Waals surface area contributed by atoms with Crippen molar-refractivity contribution in [2.75, 3.05) is 5.32 Å². The van der Waals surface area contributed by atoms with Crippen LogP contribution < -0.4 is 5.32 Å². The lowest BCUT2D eigenvalue weighted by molar-refractivity contribution is 0.171. The van der Waals surface area contributed by atoms with Gasteiger partial charge < -0.3 is 10.2 Å². The molecule has 1 aliphatic carbocycles. The topological polar surface area (TPSA) is 32.3 Å². The van der Waals surface area contributed by atoms with Crippen LogP contribution in [0.1, 0.15) is 45.7 Å². The van der Waals surface area contributed by atoms with Gasteiger partial charge in [0.25, 0.3) is 0 Å². The number of hydrogen-bond donors (Lipinski definition) is 1. The van der Waals surface area contributed by atoms with E-state index >= 15 is 0 Å². The van der Waals surface area contributed by atoms with Crippen LogP contribution >= 0.6 is 0 Å². The summed E-state index contributed by atoms with van der Waals surface area (Å²) < 4.78 is 0. The van der Waals surface area contributed by atoms with E-state index in [4.69, 9.17) is 0 Å². The molecule has 3 rings (SSSR count). The molecule has 0 bridgehead atoms. The Hall–Kier alpha value is -2.29. The summed E-state index contributed by atoms with van der Waals surface area (Å²) in [6.07, 6.45) is 0. The van der Waals surface area contributed by atoms with Crippen LogP contribution in [0.4, 0.5) is 10.5 Å². The minimum Gasteiger partial charge on any atom is -0.317 e. The molecule has 0 heterocycles. The summed E-state index contributed by atoms with van der Waals surface area (Å²) in [6, 6.07) is 18.3. The molecule has 1 fully saturated rings. The van der Waals surface area contributed by atoms with Gasteiger partial charge in [-0.1, -0.05) is 75.7 Å². The number of carbonyl (C=O) groups is 1. The average molecular weight is 365 g/mol. The monoisotopic (exact) mass is 364 g/mol. The molecule has 0 spiro atoms. The third kappa shape index (κ3) is 3.73. The second kappa shape index (κ2) is 7.03. The van der Waals surface area contributed by atoms with E-state index in [2.05, 4.69) is 52.1 Å². The number of rotatable bonds is 5. The summed E-state index contributed by atoms with van der Waals surface area (Å²) in [5, 5.41) is 3.09. The van der Waals surface area contributed by atoms with Gasteiger partial charge in [-0.2, -0.15) is 0 Å². The Morgan fingerprint density at radius 2 is 1.56 bits per heavy atom. The summed E-state index contributed by atoms with van der Waals surface area (Å²) in [7, 11) is 0.